The van der Waals surface area contributed by atoms with Crippen molar-refractivity contribution in [1.29, 1.82) is 0 Å². The van der Waals surface area contributed by atoms with Crippen molar-refractivity contribution in [2.45, 2.75) is 24.9 Å². The Bertz CT molecular complexity index is 700. The largest absolute Gasteiger partial charge is 0.386 e. The predicted octanol–water partition coefficient (Wildman–Crippen LogP) is 3.24. The lowest BCUT2D eigenvalue weighted by Crippen LogP contribution is -2.41. The van der Waals surface area contributed by atoms with Gasteiger partial charge in [0.15, 0.2) is 0 Å². The Morgan fingerprint density at radius 2 is 1.61 bits per heavy atom. The number of aliphatic hydroxyl groups excluding tert-OH is 1. The van der Waals surface area contributed by atoms with E-state index in [-0.39, 0.29) is 12.8 Å². The van der Waals surface area contributed by atoms with E-state index in [4.69, 9.17) is 0 Å². The van der Waals surface area contributed by atoms with Crippen LogP contribution in [0.15, 0.2) is 60.7 Å². The molecule has 0 bridgehead atoms. The standard InChI is InChI=1S/C19H16F2O2/c20-19(21,17(22)13-11-15-7-3-1-4-8-15)18(23)14-12-16-9-5-2-6-10-16/h1-10,17,22H,11,13H2. The summed E-state index contributed by atoms with van der Waals surface area (Å²) < 4.78 is 27.8. The van der Waals surface area contributed by atoms with Crippen LogP contribution >= 0.6 is 0 Å². The van der Waals surface area contributed by atoms with Crippen molar-refractivity contribution in [3.8, 4) is 11.8 Å². The van der Waals surface area contributed by atoms with Crippen LogP contribution in [0.5, 0.6) is 0 Å². The van der Waals surface area contributed by atoms with Crippen LogP contribution in [-0.2, 0) is 11.2 Å². The third-order valence-electron chi connectivity index (χ3n) is 3.36. The summed E-state index contributed by atoms with van der Waals surface area (Å²) in [7, 11) is 0. The lowest BCUT2D eigenvalue weighted by Gasteiger charge is -2.18. The molecule has 2 nitrogen and oxygen atoms in total. The van der Waals surface area contributed by atoms with Crippen LogP contribution in [0.3, 0.4) is 0 Å². The molecule has 0 aromatic heterocycles. The number of ketones is 1. The molecule has 0 saturated heterocycles. The molecule has 2 aromatic carbocycles. The number of alkyl halides is 2. The predicted molar refractivity (Wildman–Crippen MR) is 84.0 cm³/mol. The maximum absolute atomic E-state index is 13.9. The van der Waals surface area contributed by atoms with E-state index in [9.17, 15) is 18.7 Å². The summed E-state index contributed by atoms with van der Waals surface area (Å²) in [5.41, 5.74) is 1.29. The SMILES string of the molecule is O=C(C#Cc1ccccc1)C(F)(F)C(O)CCc1ccccc1. The number of Topliss-reactive ketones (excluding diaryl/α,β-unsaturated/α-hetero) is 1. The summed E-state index contributed by atoms with van der Waals surface area (Å²) in [5, 5.41) is 9.67. The van der Waals surface area contributed by atoms with E-state index in [2.05, 4.69) is 5.92 Å². The second kappa shape index (κ2) is 7.66. The van der Waals surface area contributed by atoms with Crippen LogP contribution in [0, 0.1) is 11.8 Å². The molecule has 0 heterocycles. The molecular formula is C19H16F2O2. The summed E-state index contributed by atoms with van der Waals surface area (Å²) in [6, 6.07) is 17.3. The molecule has 0 spiro atoms. The maximum Gasteiger partial charge on any atom is 0.342 e. The number of halogens is 2. The second-order valence-corrected chi connectivity index (χ2v) is 5.11. The zero-order chi connectivity index (χ0) is 16.7. The average molecular weight is 314 g/mol. The molecule has 118 valence electrons. The van der Waals surface area contributed by atoms with E-state index in [0.29, 0.717) is 5.56 Å². The van der Waals surface area contributed by atoms with Gasteiger partial charge in [0.05, 0.1) is 0 Å². The number of hydrogen-bond donors (Lipinski definition) is 1. The summed E-state index contributed by atoms with van der Waals surface area (Å²) in [4.78, 5) is 11.6. The average Bonchev–Trinajstić information content (AvgIpc) is 2.59. The Morgan fingerprint density at radius 3 is 2.22 bits per heavy atom. The number of hydrogen-bond acceptors (Lipinski definition) is 2. The lowest BCUT2D eigenvalue weighted by molar-refractivity contribution is -0.155. The first-order valence-corrected chi connectivity index (χ1v) is 7.21. The highest BCUT2D eigenvalue weighted by atomic mass is 19.3. The highest BCUT2D eigenvalue weighted by molar-refractivity contribution is 6.01. The van der Waals surface area contributed by atoms with Crippen LogP contribution in [-0.4, -0.2) is 22.9 Å². The van der Waals surface area contributed by atoms with Crippen molar-refractivity contribution < 1.29 is 18.7 Å². The molecule has 1 atom stereocenters. The van der Waals surface area contributed by atoms with Crippen LogP contribution in [0.25, 0.3) is 0 Å². The van der Waals surface area contributed by atoms with Crippen molar-refractivity contribution >= 4 is 5.78 Å². The molecule has 0 saturated carbocycles. The van der Waals surface area contributed by atoms with Gasteiger partial charge < -0.3 is 5.11 Å². The Balaban J connectivity index is 1.99. The van der Waals surface area contributed by atoms with E-state index in [1.807, 2.05) is 12.0 Å². The molecule has 0 aliphatic carbocycles. The molecular weight excluding hydrogens is 298 g/mol. The van der Waals surface area contributed by atoms with Gasteiger partial charge in [0, 0.05) is 5.56 Å². The van der Waals surface area contributed by atoms with E-state index in [1.165, 1.54) is 0 Å². The van der Waals surface area contributed by atoms with E-state index < -0.39 is 17.8 Å². The quantitative estimate of drug-likeness (QED) is 0.860. The zero-order valence-electron chi connectivity index (χ0n) is 12.4. The number of aliphatic hydroxyl groups is 1. The van der Waals surface area contributed by atoms with Crippen LogP contribution in [0.2, 0.25) is 0 Å². The van der Waals surface area contributed by atoms with E-state index in [0.717, 1.165) is 5.56 Å². The molecule has 0 radical (unpaired) electrons. The molecule has 2 aromatic rings. The van der Waals surface area contributed by atoms with Crippen LogP contribution < -0.4 is 0 Å². The van der Waals surface area contributed by atoms with Crippen LogP contribution in [0.4, 0.5) is 8.78 Å². The van der Waals surface area contributed by atoms with Gasteiger partial charge in [0.25, 0.3) is 5.78 Å². The number of rotatable bonds is 5. The first-order chi connectivity index (χ1) is 11.0. The summed E-state index contributed by atoms with van der Waals surface area (Å²) in [6.07, 6.45) is -2.01. The fraction of sp³-hybridized carbons (Fsp3) is 0.211. The van der Waals surface area contributed by atoms with Crippen molar-refractivity contribution in [3.05, 3.63) is 71.8 Å². The zero-order valence-corrected chi connectivity index (χ0v) is 12.4. The summed E-state index contributed by atoms with van der Waals surface area (Å²) in [5.74, 6) is -1.14. The molecule has 2 rings (SSSR count). The van der Waals surface area contributed by atoms with Gasteiger partial charge in [0.2, 0.25) is 0 Å². The number of aryl methyl sites for hydroxylation is 1. The topological polar surface area (TPSA) is 37.3 Å². The number of carbonyl (C=O) groups excluding carboxylic acids is 1. The van der Waals surface area contributed by atoms with Crippen molar-refractivity contribution in [3.63, 3.8) is 0 Å². The van der Waals surface area contributed by atoms with E-state index in [1.54, 1.807) is 54.6 Å². The monoisotopic (exact) mass is 314 g/mol. The van der Waals surface area contributed by atoms with Gasteiger partial charge in [-0.2, -0.15) is 8.78 Å². The Kier molecular flexibility index (Phi) is 5.61. The lowest BCUT2D eigenvalue weighted by atomic mass is 10.0. The molecule has 0 fully saturated rings. The molecule has 0 amide bonds. The van der Waals surface area contributed by atoms with Gasteiger partial charge in [-0.1, -0.05) is 54.5 Å². The third kappa shape index (κ3) is 4.73. The van der Waals surface area contributed by atoms with Crippen LogP contribution in [0.1, 0.15) is 17.5 Å². The molecule has 0 aliphatic heterocycles. The number of benzene rings is 2. The molecule has 1 unspecified atom stereocenters. The summed E-state index contributed by atoms with van der Waals surface area (Å²) in [6.45, 7) is 0. The minimum Gasteiger partial charge on any atom is -0.386 e. The maximum atomic E-state index is 13.9. The summed E-state index contributed by atoms with van der Waals surface area (Å²) >= 11 is 0. The Morgan fingerprint density at radius 1 is 1.04 bits per heavy atom. The van der Waals surface area contributed by atoms with E-state index >= 15 is 0 Å². The number of carbonyl (C=O) groups is 1. The van der Waals surface area contributed by atoms with Gasteiger partial charge in [-0.05, 0) is 36.5 Å². The Labute approximate surface area is 133 Å². The second-order valence-electron chi connectivity index (χ2n) is 5.11. The normalized spacial score (nSPS) is 12.1. The van der Waals surface area contributed by atoms with Gasteiger partial charge in [-0.3, -0.25) is 4.79 Å². The van der Waals surface area contributed by atoms with Gasteiger partial charge in [-0.15, -0.1) is 0 Å². The molecule has 1 N–H and O–H groups in total. The van der Waals surface area contributed by atoms with Crippen molar-refractivity contribution in [2.24, 2.45) is 0 Å². The van der Waals surface area contributed by atoms with Gasteiger partial charge in [0.1, 0.15) is 6.10 Å². The minimum atomic E-state index is -3.88. The van der Waals surface area contributed by atoms with Gasteiger partial charge >= 0.3 is 5.92 Å². The molecule has 0 aliphatic rings. The smallest absolute Gasteiger partial charge is 0.342 e. The fourth-order valence-electron chi connectivity index (χ4n) is 2.01. The van der Waals surface area contributed by atoms with Crippen molar-refractivity contribution in [1.82, 2.24) is 0 Å². The van der Waals surface area contributed by atoms with Crippen molar-refractivity contribution in [2.75, 3.05) is 0 Å². The molecule has 4 heteroatoms. The Hall–Kier alpha value is -2.51. The minimum absolute atomic E-state index is 0.213. The molecule has 23 heavy (non-hydrogen) atoms. The van der Waals surface area contributed by atoms with Gasteiger partial charge in [-0.25, -0.2) is 0 Å². The fourth-order valence-corrected chi connectivity index (χ4v) is 2.01. The highest BCUT2D eigenvalue weighted by Gasteiger charge is 2.45. The third-order valence-corrected chi connectivity index (χ3v) is 3.36. The first kappa shape index (κ1) is 16.9. The highest BCUT2D eigenvalue weighted by Crippen LogP contribution is 2.23. The first-order valence-electron chi connectivity index (χ1n) is 7.21.